The summed E-state index contributed by atoms with van der Waals surface area (Å²) in [6.07, 6.45) is 11.0. The van der Waals surface area contributed by atoms with Gasteiger partial charge >= 0.3 is 5.97 Å². The lowest BCUT2D eigenvalue weighted by molar-refractivity contribution is -0.929. The molecule has 1 atom stereocenters. The molecule has 1 fully saturated rings. The third-order valence-electron chi connectivity index (χ3n) is 8.26. The maximum absolute atomic E-state index is 13.2. The molecule has 0 radical (unpaired) electrons. The van der Waals surface area contributed by atoms with Crippen molar-refractivity contribution in [2.75, 3.05) is 33.4 Å². The monoisotopic (exact) mass is 558 g/mol. The summed E-state index contributed by atoms with van der Waals surface area (Å²) < 4.78 is 18.4. The summed E-state index contributed by atoms with van der Waals surface area (Å²) in [5.74, 6) is 1.71. The van der Waals surface area contributed by atoms with Crippen molar-refractivity contribution in [1.82, 2.24) is 0 Å². The second-order valence-corrected chi connectivity index (χ2v) is 11.6. The van der Waals surface area contributed by atoms with E-state index in [0.29, 0.717) is 13.2 Å². The second-order valence-electron chi connectivity index (χ2n) is 11.6. The van der Waals surface area contributed by atoms with Gasteiger partial charge in [-0.05, 0) is 67.5 Å². The molecular formula is C36H48NO4+. The molecule has 0 amide bonds. The Kier molecular flexibility index (Phi) is 12.6. The number of piperidine rings is 1. The number of benzene rings is 3. The quantitative estimate of drug-likeness (QED) is 0.0964. The molecule has 0 unspecified atom stereocenters. The molecule has 41 heavy (non-hydrogen) atoms. The topological polar surface area (TPSA) is 44.8 Å². The zero-order valence-electron chi connectivity index (χ0n) is 24.8. The average Bonchev–Trinajstić information content (AvgIpc) is 3.01. The van der Waals surface area contributed by atoms with E-state index in [2.05, 4.69) is 43.4 Å². The first kappa shape index (κ1) is 30.6. The van der Waals surface area contributed by atoms with Crippen LogP contribution < -0.4 is 9.47 Å². The van der Waals surface area contributed by atoms with Crippen molar-refractivity contribution in [3.8, 4) is 11.5 Å². The third kappa shape index (κ3) is 10.6. The molecule has 3 aromatic carbocycles. The number of hydrogen-bond donors (Lipinski definition) is 0. The normalized spacial score (nSPS) is 15.1. The smallest absolute Gasteiger partial charge is 0.365 e. The number of nitrogens with zero attached hydrogens (tertiary/aromatic N) is 1. The number of likely N-dealkylation sites (tertiary alicyclic amines) is 1. The van der Waals surface area contributed by atoms with E-state index >= 15 is 0 Å². The fourth-order valence-corrected chi connectivity index (χ4v) is 5.69. The van der Waals surface area contributed by atoms with Gasteiger partial charge in [0.25, 0.3) is 0 Å². The number of hydrogen-bond acceptors (Lipinski definition) is 4. The summed E-state index contributed by atoms with van der Waals surface area (Å²) in [6, 6.07) is 28.3. The number of ether oxygens (including phenoxy) is 3. The van der Waals surface area contributed by atoms with Crippen LogP contribution in [0.3, 0.4) is 0 Å². The second kappa shape index (κ2) is 16.8. The van der Waals surface area contributed by atoms with E-state index < -0.39 is 0 Å². The highest BCUT2D eigenvalue weighted by Gasteiger charge is 2.40. The number of unbranched alkanes of at least 4 members (excludes halogenated alkanes) is 5. The van der Waals surface area contributed by atoms with Crippen LogP contribution in [0.15, 0.2) is 84.9 Å². The van der Waals surface area contributed by atoms with Crippen molar-refractivity contribution in [2.45, 2.75) is 76.9 Å². The number of carbonyl (C=O) groups is 1. The Bertz CT molecular complexity index is 1130. The van der Waals surface area contributed by atoms with E-state index in [9.17, 15) is 4.79 Å². The van der Waals surface area contributed by atoms with E-state index in [1.165, 1.54) is 31.2 Å². The number of carbonyl (C=O) groups excluding carboxylic acids is 1. The van der Waals surface area contributed by atoms with E-state index in [1.807, 2.05) is 48.5 Å². The van der Waals surface area contributed by atoms with E-state index in [1.54, 1.807) is 0 Å². The lowest BCUT2D eigenvalue weighted by Crippen LogP contribution is -2.59. The Balaban J connectivity index is 1.05. The lowest BCUT2D eigenvalue weighted by Gasteiger charge is -2.42. The van der Waals surface area contributed by atoms with Crippen molar-refractivity contribution in [1.29, 1.82) is 0 Å². The molecule has 0 aromatic heterocycles. The van der Waals surface area contributed by atoms with Gasteiger partial charge in [-0.1, -0.05) is 86.3 Å². The maximum Gasteiger partial charge on any atom is 0.365 e. The Morgan fingerprint density at radius 2 is 1.20 bits per heavy atom. The van der Waals surface area contributed by atoms with Crippen molar-refractivity contribution >= 4 is 5.97 Å². The molecule has 4 rings (SSSR count). The van der Waals surface area contributed by atoms with Gasteiger partial charge in [0.1, 0.15) is 18.1 Å². The Morgan fingerprint density at radius 3 is 1.83 bits per heavy atom. The van der Waals surface area contributed by atoms with Crippen LogP contribution in [-0.4, -0.2) is 49.8 Å². The van der Waals surface area contributed by atoms with Gasteiger partial charge in [-0.15, -0.1) is 0 Å². The molecule has 0 N–H and O–H groups in total. The average molecular weight is 559 g/mol. The molecule has 1 heterocycles. The van der Waals surface area contributed by atoms with Crippen LogP contribution in [0.4, 0.5) is 0 Å². The van der Waals surface area contributed by atoms with E-state index in [-0.39, 0.29) is 12.0 Å². The van der Waals surface area contributed by atoms with Crippen LogP contribution in [-0.2, 0) is 22.6 Å². The van der Waals surface area contributed by atoms with Crippen molar-refractivity contribution in [3.05, 3.63) is 96.1 Å². The number of likely N-dealkylation sites (N-methyl/N-ethyl adjacent to an activating group) is 1. The molecule has 1 aliphatic heterocycles. The highest BCUT2D eigenvalue weighted by molar-refractivity contribution is 5.75. The van der Waals surface area contributed by atoms with Gasteiger partial charge in [0.05, 0.1) is 33.4 Å². The molecule has 0 spiro atoms. The van der Waals surface area contributed by atoms with Crippen LogP contribution in [0, 0.1) is 0 Å². The van der Waals surface area contributed by atoms with Crippen LogP contribution in [0.2, 0.25) is 0 Å². The minimum atomic E-state index is -0.115. The standard InChI is InChI=1S/C36H48NO4/c1-37(25-13-8-14-26-37)35(29-31-17-9-6-10-18-31)36(38)40-28-16-5-3-2-4-15-27-39-33-21-23-34(24-22-33)41-30-32-19-11-7-12-20-32/h6-7,9-12,17-24,35H,2-5,8,13-16,25-30H2,1H3/q+1/t35-/m1/s1. The fraction of sp³-hybridized carbons (Fsp3) is 0.472. The zero-order valence-corrected chi connectivity index (χ0v) is 24.8. The molecule has 0 aliphatic carbocycles. The van der Waals surface area contributed by atoms with Crippen LogP contribution in [0.5, 0.6) is 11.5 Å². The van der Waals surface area contributed by atoms with Crippen LogP contribution >= 0.6 is 0 Å². The van der Waals surface area contributed by atoms with Gasteiger partial charge in [0.2, 0.25) is 0 Å². The molecule has 5 heteroatoms. The van der Waals surface area contributed by atoms with Gasteiger partial charge in [0.15, 0.2) is 6.04 Å². The van der Waals surface area contributed by atoms with Crippen molar-refractivity contribution in [3.63, 3.8) is 0 Å². The summed E-state index contributed by atoms with van der Waals surface area (Å²) in [4.78, 5) is 13.2. The zero-order chi connectivity index (χ0) is 28.6. The van der Waals surface area contributed by atoms with Crippen molar-refractivity contribution < 1.29 is 23.5 Å². The van der Waals surface area contributed by atoms with Gasteiger partial charge in [-0.2, -0.15) is 0 Å². The van der Waals surface area contributed by atoms with Gasteiger partial charge in [-0.3, -0.25) is 0 Å². The van der Waals surface area contributed by atoms with Gasteiger partial charge in [-0.25, -0.2) is 4.79 Å². The van der Waals surface area contributed by atoms with Crippen molar-refractivity contribution in [2.24, 2.45) is 0 Å². The summed E-state index contributed by atoms with van der Waals surface area (Å²) in [7, 11) is 2.24. The maximum atomic E-state index is 13.2. The van der Waals surface area contributed by atoms with E-state index in [4.69, 9.17) is 14.2 Å². The van der Waals surface area contributed by atoms with Crippen LogP contribution in [0.1, 0.15) is 68.9 Å². The van der Waals surface area contributed by atoms with Crippen LogP contribution in [0.25, 0.3) is 0 Å². The highest BCUT2D eigenvalue weighted by Crippen LogP contribution is 2.24. The van der Waals surface area contributed by atoms with Gasteiger partial charge < -0.3 is 18.7 Å². The molecular weight excluding hydrogens is 510 g/mol. The summed E-state index contributed by atoms with van der Waals surface area (Å²) >= 11 is 0. The largest absolute Gasteiger partial charge is 0.494 e. The first-order valence-electron chi connectivity index (χ1n) is 15.6. The first-order chi connectivity index (χ1) is 20.1. The third-order valence-corrected chi connectivity index (χ3v) is 8.26. The Labute approximate surface area is 247 Å². The molecule has 220 valence electrons. The molecule has 5 nitrogen and oxygen atoms in total. The number of rotatable bonds is 17. The fourth-order valence-electron chi connectivity index (χ4n) is 5.69. The molecule has 3 aromatic rings. The first-order valence-corrected chi connectivity index (χ1v) is 15.6. The number of quaternary nitrogens is 1. The molecule has 0 saturated carbocycles. The SMILES string of the molecule is C[N+]1([C@H](Cc2ccccc2)C(=O)OCCCCCCCCOc2ccc(OCc3ccccc3)cc2)CCCCC1. The minimum Gasteiger partial charge on any atom is -0.494 e. The molecule has 0 bridgehead atoms. The summed E-state index contributed by atoms with van der Waals surface area (Å²) in [5.41, 5.74) is 2.37. The Hall–Kier alpha value is -3.31. The summed E-state index contributed by atoms with van der Waals surface area (Å²) in [6.45, 7) is 3.94. The molecule has 1 aliphatic rings. The predicted octanol–water partition coefficient (Wildman–Crippen LogP) is 7.77. The number of esters is 1. The predicted molar refractivity (Wildman–Crippen MR) is 165 cm³/mol. The van der Waals surface area contributed by atoms with Gasteiger partial charge in [0, 0.05) is 6.42 Å². The Morgan fingerprint density at radius 1 is 0.659 bits per heavy atom. The summed E-state index contributed by atoms with van der Waals surface area (Å²) in [5, 5.41) is 0. The molecule has 1 saturated heterocycles. The van der Waals surface area contributed by atoms with E-state index in [0.717, 1.165) is 79.8 Å². The lowest BCUT2D eigenvalue weighted by atomic mass is 9.98. The highest BCUT2D eigenvalue weighted by atomic mass is 16.5. The minimum absolute atomic E-state index is 0.0220.